The molecule has 0 atom stereocenters. The van der Waals surface area contributed by atoms with E-state index in [1.807, 2.05) is 0 Å². The van der Waals surface area contributed by atoms with E-state index >= 15 is 0 Å². The number of anilines is 1. The summed E-state index contributed by atoms with van der Waals surface area (Å²) in [6, 6.07) is 10.3. The Kier molecular flexibility index (Phi) is 4.48. The third-order valence-electron chi connectivity index (χ3n) is 6.13. The Morgan fingerprint density at radius 2 is 1.91 bits per heavy atom. The van der Waals surface area contributed by atoms with Crippen LogP contribution in [0.2, 0.25) is 0 Å². The third kappa shape index (κ3) is 3.19. The normalized spacial score (nSPS) is 24.2. The van der Waals surface area contributed by atoms with Crippen molar-refractivity contribution in [1.82, 2.24) is 9.78 Å². The monoisotopic (exact) mass is 438 g/mol. The molecule has 3 aromatic rings. The number of nitrogens with zero attached hydrogens (tertiary/aromatic N) is 3. The van der Waals surface area contributed by atoms with Crippen LogP contribution in [0.3, 0.4) is 0 Å². The van der Waals surface area contributed by atoms with Crippen LogP contribution < -0.4 is 10.0 Å². The van der Waals surface area contributed by atoms with Gasteiger partial charge in [0.25, 0.3) is 11.6 Å². The summed E-state index contributed by atoms with van der Waals surface area (Å²) < 4.78 is 20.7. The first-order chi connectivity index (χ1) is 15.3. The maximum Gasteiger partial charge on any atom is 0.345 e. The number of rotatable bonds is 3. The molecule has 1 saturated carbocycles. The van der Waals surface area contributed by atoms with E-state index in [9.17, 15) is 24.3 Å². The van der Waals surface area contributed by atoms with E-state index in [4.69, 9.17) is 4.74 Å². The molecular formula is C22H19FN4O5. The minimum absolute atomic E-state index is 0.000875. The summed E-state index contributed by atoms with van der Waals surface area (Å²) in [6.07, 6.45) is 3.16. The summed E-state index contributed by atoms with van der Waals surface area (Å²) in [5.41, 5.74) is -1.80. The van der Waals surface area contributed by atoms with Crippen molar-refractivity contribution in [2.24, 2.45) is 0 Å². The highest BCUT2D eigenvalue weighted by Gasteiger charge is 2.57. The minimum atomic E-state index is -1.71. The molecule has 9 nitrogen and oxygen atoms in total. The molecule has 5 rings (SSSR count). The molecular weight excluding hydrogens is 419 g/mol. The molecule has 164 valence electrons. The molecule has 1 fully saturated rings. The number of aromatic nitrogens is 3. The summed E-state index contributed by atoms with van der Waals surface area (Å²) in [4.78, 5) is 25.0. The first kappa shape index (κ1) is 20.1. The molecule has 3 heterocycles. The Morgan fingerprint density at radius 3 is 2.62 bits per heavy atom. The van der Waals surface area contributed by atoms with Gasteiger partial charge in [0.1, 0.15) is 17.0 Å². The van der Waals surface area contributed by atoms with Crippen LogP contribution in [-0.2, 0) is 15.1 Å². The average Bonchev–Trinajstić information content (AvgIpc) is 3.35. The predicted octanol–water partition coefficient (Wildman–Crippen LogP) is 1.95. The fourth-order valence-corrected chi connectivity index (χ4v) is 4.38. The van der Waals surface area contributed by atoms with Gasteiger partial charge in [0.15, 0.2) is 17.6 Å². The molecule has 2 N–H and O–H groups in total. The molecule has 1 aliphatic heterocycles. The first-order valence-electron chi connectivity index (χ1n) is 10.1. The van der Waals surface area contributed by atoms with Crippen LogP contribution in [0.1, 0.15) is 41.7 Å². The molecule has 2 aromatic heterocycles. The van der Waals surface area contributed by atoms with E-state index in [2.05, 4.69) is 10.4 Å². The number of hydrogen-bond acceptors (Lipinski definition) is 6. The SMILES string of the molecule is O=C1O[C@]2(CC[C@](O)(C(=O)Nc3ccn(-c4ccc(F)cc4)n3)CC2)c2c1ccc[n+]2[O-]. The van der Waals surface area contributed by atoms with Gasteiger partial charge in [-0.1, -0.05) is 0 Å². The first-order valence-corrected chi connectivity index (χ1v) is 10.1. The van der Waals surface area contributed by atoms with Crippen molar-refractivity contribution >= 4 is 17.7 Å². The highest BCUT2D eigenvalue weighted by atomic mass is 19.1. The Bertz CT molecular complexity index is 1220. The zero-order valence-electron chi connectivity index (χ0n) is 16.8. The van der Waals surface area contributed by atoms with E-state index < -0.39 is 23.1 Å². The second kappa shape index (κ2) is 7.13. The quantitative estimate of drug-likeness (QED) is 0.366. The van der Waals surface area contributed by atoms with Crippen LogP contribution in [0, 0.1) is 11.0 Å². The number of carbonyl (C=O) groups excluding carboxylic acids is 2. The van der Waals surface area contributed by atoms with Gasteiger partial charge in [-0.05, 0) is 43.2 Å². The van der Waals surface area contributed by atoms with Gasteiger partial charge in [-0.25, -0.2) is 13.9 Å². The standard InChI is InChI=1S/C22H19FN4O5/c23-14-3-5-15(6-4-14)26-13-7-17(25-26)24-20(29)21(30)8-10-22(11-9-21)18-16(19(28)32-22)2-1-12-27(18)31/h1-7,12-13,30H,8-11H2,(H,24,25,29)/t21-,22+. The van der Waals surface area contributed by atoms with E-state index in [1.54, 1.807) is 24.4 Å². The number of halogens is 1. The number of hydrogen-bond donors (Lipinski definition) is 2. The number of esters is 1. The van der Waals surface area contributed by atoms with E-state index in [0.29, 0.717) is 10.4 Å². The average molecular weight is 438 g/mol. The highest BCUT2D eigenvalue weighted by molar-refractivity contribution is 5.97. The van der Waals surface area contributed by atoms with Crippen molar-refractivity contribution in [3.8, 4) is 5.69 Å². The lowest BCUT2D eigenvalue weighted by molar-refractivity contribution is -0.621. The number of benzene rings is 1. The second-order valence-electron chi connectivity index (χ2n) is 8.09. The van der Waals surface area contributed by atoms with Crippen LogP contribution in [0.25, 0.3) is 5.69 Å². The summed E-state index contributed by atoms with van der Waals surface area (Å²) in [5, 5.41) is 30.1. The largest absolute Gasteiger partial charge is 0.618 e. The van der Waals surface area contributed by atoms with Crippen LogP contribution in [0.4, 0.5) is 10.2 Å². The van der Waals surface area contributed by atoms with Gasteiger partial charge >= 0.3 is 5.97 Å². The molecule has 0 bridgehead atoms. The van der Waals surface area contributed by atoms with E-state index in [1.165, 1.54) is 35.1 Å². The van der Waals surface area contributed by atoms with E-state index in [-0.39, 0.29) is 48.6 Å². The number of fused-ring (bicyclic) bond motifs is 2. The van der Waals surface area contributed by atoms with Crippen LogP contribution >= 0.6 is 0 Å². The van der Waals surface area contributed by atoms with Gasteiger partial charge in [0.2, 0.25) is 0 Å². The molecule has 1 aromatic carbocycles. The van der Waals surface area contributed by atoms with Crippen molar-refractivity contribution in [2.75, 3.05) is 5.32 Å². The number of ether oxygens (including phenoxy) is 1. The number of amides is 1. The highest BCUT2D eigenvalue weighted by Crippen LogP contribution is 2.48. The lowest BCUT2D eigenvalue weighted by Crippen LogP contribution is -2.51. The zero-order chi connectivity index (χ0) is 22.5. The Labute approximate surface area is 181 Å². The number of pyridine rings is 1. The lowest BCUT2D eigenvalue weighted by atomic mass is 9.74. The smallest absolute Gasteiger partial charge is 0.345 e. The molecule has 1 aliphatic carbocycles. The molecule has 0 radical (unpaired) electrons. The van der Waals surface area contributed by atoms with Crippen LogP contribution in [0.5, 0.6) is 0 Å². The number of nitrogens with one attached hydrogen (secondary N) is 1. The maximum atomic E-state index is 13.1. The zero-order valence-corrected chi connectivity index (χ0v) is 16.8. The topological polar surface area (TPSA) is 120 Å². The van der Waals surface area contributed by atoms with Crippen molar-refractivity contribution in [3.63, 3.8) is 0 Å². The van der Waals surface area contributed by atoms with Crippen molar-refractivity contribution in [2.45, 2.75) is 36.9 Å². The Balaban J connectivity index is 1.30. The lowest BCUT2D eigenvalue weighted by Gasteiger charge is -2.38. The van der Waals surface area contributed by atoms with Crippen molar-refractivity contribution < 1.29 is 28.6 Å². The molecule has 1 spiro atoms. The van der Waals surface area contributed by atoms with Crippen molar-refractivity contribution in [1.29, 1.82) is 0 Å². The van der Waals surface area contributed by atoms with Gasteiger partial charge in [0, 0.05) is 31.2 Å². The van der Waals surface area contributed by atoms with Gasteiger partial charge in [-0.15, -0.1) is 0 Å². The van der Waals surface area contributed by atoms with Gasteiger partial charge < -0.3 is 20.4 Å². The predicted molar refractivity (Wildman–Crippen MR) is 108 cm³/mol. The fourth-order valence-electron chi connectivity index (χ4n) is 4.38. The van der Waals surface area contributed by atoms with Crippen LogP contribution in [0.15, 0.2) is 54.9 Å². The molecule has 1 amide bonds. The molecule has 0 saturated heterocycles. The second-order valence-corrected chi connectivity index (χ2v) is 8.09. The molecule has 0 unspecified atom stereocenters. The molecule has 32 heavy (non-hydrogen) atoms. The number of carbonyl (C=O) groups is 2. The Hall–Kier alpha value is -3.79. The Morgan fingerprint density at radius 1 is 1.19 bits per heavy atom. The summed E-state index contributed by atoms with van der Waals surface area (Å²) >= 11 is 0. The van der Waals surface area contributed by atoms with Crippen LogP contribution in [-0.4, -0.2) is 32.4 Å². The summed E-state index contributed by atoms with van der Waals surface area (Å²) in [6.45, 7) is 0. The maximum absolute atomic E-state index is 13.1. The van der Waals surface area contributed by atoms with Crippen molar-refractivity contribution in [3.05, 3.63) is 77.1 Å². The minimum Gasteiger partial charge on any atom is -0.618 e. The summed E-state index contributed by atoms with van der Waals surface area (Å²) in [5.74, 6) is -1.36. The molecule has 10 heteroatoms. The number of aliphatic hydroxyl groups is 1. The third-order valence-corrected chi connectivity index (χ3v) is 6.13. The fraction of sp³-hybridized carbons (Fsp3) is 0.273. The van der Waals surface area contributed by atoms with Gasteiger partial charge in [-0.3, -0.25) is 4.79 Å². The summed E-state index contributed by atoms with van der Waals surface area (Å²) in [7, 11) is 0. The van der Waals surface area contributed by atoms with Gasteiger partial charge in [0.05, 0.1) is 5.69 Å². The molecule has 2 aliphatic rings. The van der Waals surface area contributed by atoms with E-state index in [0.717, 1.165) is 0 Å². The van der Waals surface area contributed by atoms with Gasteiger partial charge in [-0.2, -0.15) is 9.83 Å².